The molecule has 0 saturated carbocycles. The van der Waals surface area contributed by atoms with Gasteiger partial charge in [-0.2, -0.15) is 8.42 Å². The molecular weight excluding hydrogens is 306 g/mol. The van der Waals surface area contributed by atoms with E-state index in [1.54, 1.807) is 0 Å². The lowest BCUT2D eigenvalue weighted by molar-refractivity contribution is -0.118. The predicted octanol–water partition coefficient (Wildman–Crippen LogP) is 1.42. The molecule has 0 bridgehead atoms. The first-order chi connectivity index (χ1) is 10.4. The van der Waals surface area contributed by atoms with Crippen LogP contribution in [-0.4, -0.2) is 31.2 Å². The van der Waals surface area contributed by atoms with Gasteiger partial charge in [-0.15, -0.1) is 0 Å². The van der Waals surface area contributed by atoms with E-state index in [-0.39, 0.29) is 12.6 Å². The first-order valence-electron chi connectivity index (χ1n) is 6.77. The number of epoxide rings is 1. The molecule has 1 amide bonds. The third-order valence-corrected chi connectivity index (χ3v) is 4.06. The molecule has 2 aromatic rings. The summed E-state index contributed by atoms with van der Waals surface area (Å²) in [5.74, 6) is -1.67. The van der Waals surface area contributed by atoms with Gasteiger partial charge in [0.25, 0.3) is 10.1 Å². The molecule has 22 heavy (non-hydrogen) atoms. The Bertz CT molecular complexity index is 827. The molecule has 1 fully saturated rings. The maximum Gasteiger partial charge on any atom is 0.274 e. The fourth-order valence-electron chi connectivity index (χ4n) is 2.42. The molecule has 6 nitrogen and oxygen atoms in total. The van der Waals surface area contributed by atoms with E-state index in [9.17, 15) is 13.2 Å². The first kappa shape index (κ1) is 15.0. The molecular formula is C15H15NO5S. The van der Waals surface area contributed by atoms with E-state index in [2.05, 4.69) is 5.32 Å². The van der Waals surface area contributed by atoms with Gasteiger partial charge in [-0.05, 0) is 28.0 Å². The molecule has 1 saturated heterocycles. The van der Waals surface area contributed by atoms with Gasteiger partial charge in [0, 0.05) is 6.54 Å². The van der Waals surface area contributed by atoms with Crippen LogP contribution in [0, 0.1) is 0 Å². The van der Waals surface area contributed by atoms with Crippen LogP contribution in [0.4, 0.5) is 0 Å². The van der Waals surface area contributed by atoms with Gasteiger partial charge in [0.2, 0.25) is 5.91 Å². The van der Waals surface area contributed by atoms with Crippen LogP contribution < -0.4 is 5.32 Å². The van der Waals surface area contributed by atoms with E-state index >= 15 is 0 Å². The zero-order valence-electron chi connectivity index (χ0n) is 11.7. The maximum atomic E-state index is 11.5. The summed E-state index contributed by atoms with van der Waals surface area (Å²) >= 11 is 0. The van der Waals surface area contributed by atoms with Gasteiger partial charge in [0.05, 0.1) is 6.61 Å². The van der Waals surface area contributed by atoms with E-state index in [1.807, 2.05) is 36.4 Å². The summed E-state index contributed by atoms with van der Waals surface area (Å²) in [6.45, 7) is 0.876. The highest BCUT2D eigenvalue weighted by Crippen LogP contribution is 2.35. The Balaban J connectivity index is 1.81. The third kappa shape index (κ3) is 3.62. The number of carbonyl (C=O) groups excluding carboxylic acids is 1. The molecule has 1 aliphatic rings. The monoisotopic (exact) mass is 321 g/mol. The lowest BCUT2D eigenvalue weighted by atomic mass is 9.99. The van der Waals surface area contributed by atoms with Crippen molar-refractivity contribution in [3.05, 3.63) is 47.5 Å². The first-order valence-corrected chi connectivity index (χ1v) is 8.38. The SMILES string of the molecule is O=C(CS(=O)(=O)O)NCc1cc(C2CO2)c2ccccc2c1. The number of rotatable bonds is 5. The fraction of sp³-hybridized carbons (Fsp3) is 0.267. The van der Waals surface area contributed by atoms with Crippen molar-refractivity contribution in [3.8, 4) is 0 Å². The normalized spacial score (nSPS) is 17.4. The van der Waals surface area contributed by atoms with Crippen molar-refractivity contribution in [1.29, 1.82) is 0 Å². The molecule has 7 heteroatoms. The summed E-state index contributed by atoms with van der Waals surface area (Å²) in [6, 6.07) is 11.8. The van der Waals surface area contributed by atoms with Gasteiger partial charge in [-0.1, -0.05) is 30.3 Å². The summed E-state index contributed by atoms with van der Waals surface area (Å²) in [5.41, 5.74) is 1.92. The van der Waals surface area contributed by atoms with E-state index in [0.717, 1.165) is 21.9 Å². The average Bonchev–Trinajstić information content (AvgIpc) is 3.27. The highest BCUT2D eigenvalue weighted by atomic mass is 32.2. The molecule has 2 N–H and O–H groups in total. The van der Waals surface area contributed by atoms with Crippen LogP contribution in [-0.2, 0) is 26.2 Å². The Morgan fingerprint density at radius 3 is 2.73 bits per heavy atom. The van der Waals surface area contributed by atoms with Gasteiger partial charge < -0.3 is 10.1 Å². The smallest absolute Gasteiger partial charge is 0.274 e. The Morgan fingerprint density at radius 1 is 1.32 bits per heavy atom. The van der Waals surface area contributed by atoms with Crippen molar-refractivity contribution in [2.24, 2.45) is 0 Å². The minimum atomic E-state index is -4.31. The van der Waals surface area contributed by atoms with Crippen LogP contribution in [0.3, 0.4) is 0 Å². The van der Waals surface area contributed by atoms with Crippen molar-refractivity contribution in [2.45, 2.75) is 12.6 Å². The van der Waals surface area contributed by atoms with Gasteiger partial charge in [-0.3, -0.25) is 9.35 Å². The molecule has 0 spiro atoms. The number of benzene rings is 2. The Kier molecular flexibility index (Phi) is 3.86. The Morgan fingerprint density at radius 2 is 2.05 bits per heavy atom. The summed E-state index contributed by atoms with van der Waals surface area (Å²) < 4.78 is 35.3. The van der Waals surface area contributed by atoms with E-state index in [4.69, 9.17) is 9.29 Å². The number of fused-ring (bicyclic) bond motifs is 1. The zero-order chi connectivity index (χ0) is 15.7. The molecule has 0 radical (unpaired) electrons. The van der Waals surface area contributed by atoms with Crippen LogP contribution in [0.25, 0.3) is 10.8 Å². The van der Waals surface area contributed by atoms with Crippen LogP contribution in [0.2, 0.25) is 0 Å². The number of nitrogens with one attached hydrogen (secondary N) is 1. The maximum absolute atomic E-state index is 11.5. The lowest BCUT2D eigenvalue weighted by Crippen LogP contribution is -2.29. The van der Waals surface area contributed by atoms with Gasteiger partial charge in [0.1, 0.15) is 6.10 Å². The molecule has 3 rings (SSSR count). The van der Waals surface area contributed by atoms with E-state index < -0.39 is 21.8 Å². The van der Waals surface area contributed by atoms with Crippen molar-refractivity contribution >= 4 is 26.8 Å². The lowest BCUT2D eigenvalue weighted by Gasteiger charge is -2.10. The average molecular weight is 321 g/mol. The van der Waals surface area contributed by atoms with E-state index in [1.165, 1.54) is 0 Å². The minimum absolute atomic E-state index is 0.0818. The molecule has 0 aromatic heterocycles. The molecule has 1 unspecified atom stereocenters. The summed E-state index contributed by atoms with van der Waals surface area (Å²) in [4.78, 5) is 11.5. The minimum Gasteiger partial charge on any atom is -0.368 e. The second-order valence-corrected chi connectivity index (χ2v) is 6.68. The standard InChI is InChI=1S/C15H15NO5S/c17-15(9-22(18,19)20)16-7-10-5-11-3-1-2-4-12(11)13(6-10)14-8-21-14/h1-6,14H,7-9H2,(H,16,17)(H,18,19,20). The topological polar surface area (TPSA) is 96.0 Å². The number of hydrogen-bond donors (Lipinski definition) is 2. The van der Waals surface area contributed by atoms with Crippen LogP contribution >= 0.6 is 0 Å². The van der Waals surface area contributed by atoms with Crippen molar-refractivity contribution in [3.63, 3.8) is 0 Å². The fourth-order valence-corrected chi connectivity index (χ4v) is 2.85. The summed E-state index contributed by atoms with van der Waals surface area (Å²) in [7, 11) is -4.31. The van der Waals surface area contributed by atoms with Gasteiger partial charge in [0.15, 0.2) is 5.75 Å². The molecule has 0 aliphatic carbocycles. The Hall–Kier alpha value is -1.96. The molecule has 1 aliphatic heterocycles. The van der Waals surface area contributed by atoms with Crippen molar-refractivity contribution < 1.29 is 22.5 Å². The highest BCUT2D eigenvalue weighted by molar-refractivity contribution is 7.86. The molecule has 1 atom stereocenters. The number of carbonyl (C=O) groups is 1. The number of ether oxygens (including phenoxy) is 1. The summed E-state index contributed by atoms with van der Waals surface area (Å²) in [5, 5.41) is 4.63. The molecule has 116 valence electrons. The zero-order valence-corrected chi connectivity index (χ0v) is 12.5. The van der Waals surface area contributed by atoms with E-state index in [0.29, 0.717) is 6.61 Å². The quantitative estimate of drug-likeness (QED) is 0.641. The third-order valence-electron chi connectivity index (χ3n) is 3.44. The van der Waals surface area contributed by atoms with Crippen molar-refractivity contribution in [1.82, 2.24) is 5.32 Å². The number of hydrogen-bond acceptors (Lipinski definition) is 4. The molecule has 2 aromatic carbocycles. The second-order valence-electron chi connectivity index (χ2n) is 5.23. The Labute approximate surface area is 127 Å². The predicted molar refractivity (Wildman–Crippen MR) is 80.9 cm³/mol. The summed E-state index contributed by atoms with van der Waals surface area (Å²) in [6.07, 6.45) is 0.0818. The largest absolute Gasteiger partial charge is 0.368 e. The second kappa shape index (κ2) is 5.68. The van der Waals surface area contributed by atoms with Gasteiger partial charge >= 0.3 is 0 Å². The molecule has 1 heterocycles. The number of amides is 1. The van der Waals surface area contributed by atoms with Crippen molar-refractivity contribution in [2.75, 3.05) is 12.4 Å². The van der Waals surface area contributed by atoms with Gasteiger partial charge in [-0.25, -0.2) is 0 Å². The highest BCUT2D eigenvalue weighted by Gasteiger charge is 2.27. The van der Waals surface area contributed by atoms with Crippen LogP contribution in [0.15, 0.2) is 36.4 Å². The van der Waals surface area contributed by atoms with Crippen LogP contribution in [0.1, 0.15) is 17.2 Å². The van der Waals surface area contributed by atoms with Crippen LogP contribution in [0.5, 0.6) is 0 Å².